The van der Waals surface area contributed by atoms with Crippen molar-refractivity contribution >= 4 is 40.7 Å². The van der Waals surface area contributed by atoms with Gasteiger partial charge < -0.3 is 10.1 Å². The van der Waals surface area contributed by atoms with Crippen molar-refractivity contribution in [3.05, 3.63) is 35.9 Å². The fourth-order valence-electron chi connectivity index (χ4n) is 1.90. The molecule has 0 saturated heterocycles. The largest absolute Gasteiger partial charge is 0.372 e. The van der Waals surface area contributed by atoms with E-state index >= 15 is 0 Å². The topological polar surface area (TPSA) is 38.3 Å². The van der Waals surface area contributed by atoms with Gasteiger partial charge in [-0.05, 0) is 18.6 Å². The first kappa shape index (κ1) is 19.6. The number of hydrogen-bond donors (Lipinski definition) is 1. The van der Waals surface area contributed by atoms with E-state index in [1.54, 1.807) is 24.3 Å². The Kier molecular flexibility index (Phi) is 9.18. The number of carbonyl (C=O) groups excluding carboxylic acids is 1. The fourth-order valence-corrected chi connectivity index (χ4v) is 2.32. The summed E-state index contributed by atoms with van der Waals surface area (Å²) >= 11 is 17.8. The van der Waals surface area contributed by atoms with Crippen molar-refractivity contribution in [1.29, 1.82) is 0 Å². The number of nitrogens with one attached hydrogen (secondary N) is 1. The molecular weight excluding hydrogens is 345 g/mol. The van der Waals surface area contributed by atoms with E-state index in [1.807, 2.05) is 6.07 Å². The predicted octanol–water partition coefficient (Wildman–Crippen LogP) is 4.75. The third-order valence-corrected chi connectivity index (χ3v) is 3.90. The van der Waals surface area contributed by atoms with Gasteiger partial charge in [0.2, 0.25) is 3.79 Å². The first-order valence-corrected chi connectivity index (χ1v) is 8.60. The molecule has 0 aliphatic heterocycles. The van der Waals surface area contributed by atoms with Gasteiger partial charge in [0.05, 0.1) is 0 Å². The highest BCUT2D eigenvalue weighted by Gasteiger charge is 2.33. The van der Waals surface area contributed by atoms with Crippen LogP contribution in [-0.2, 0) is 4.74 Å². The van der Waals surface area contributed by atoms with Crippen LogP contribution >= 0.6 is 34.8 Å². The van der Waals surface area contributed by atoms with Gasteiger partial charge in [-0.1, -0.05) is 79.2 Å². The van der Waals surface area contributed by atoms with Gasteiger partial charge >= 0.3 is 0 Å². The molecule has 124 valence electrons. The highest BCUT2D eigenvalue weighted by molar-refractivity contribution is 6.68. The van der Waals surface area contributed by atoms with Gasteiger partial charge in [0.1, 0.15) is 6.10 Å². The average molecular weight is 367 g/mol. The lowest BCUT2D eigenvalue weighted by Crippen LogP contribution is -2.41. The Morgan fingerprint density at radius 1 is 1.18 bits per heavy atom. The summed E-state index contributed by atoms with van der Waals surface area (Å²) in [7, 11) is 0. The summed E-state index contributed by atoms with van der Waals surface area (Å²) in [5.41, 5.74) is 0.563. The first-order chi connectivity index (χ1) is 10.4. The van der Waals surface area contributed by atoms with Crippen LogP contribution in [0.4, 0.5) is 0 Å². The number of amides is 1. The average Bonchev–Trinajstić information content (AvgIpc) is 2.49. The lowest BCUT2D eigenvalue weighted by molar-refractivity contribution is 0.0508. The normalized spacial score (nSPS) is 12.9. The van der Waals surface area contributed by atoms with Crippen molar-refractivity contribution in [3.8, 4) is 0 Å². The Balaban J connectivity index is 2.43. The second-order valence-corrected chi connectivity index (χ2v) is 7.41. The Bertz CT molecular complexity index is 435. The molecule has 0 radical (unpaired) electrons. The maximum Gasteiger partial charge on any atom is 0.251 e. The number of carbonyl (C=O) groups is 1. The summed E-state index contributed by atoms with van der Waals surface area (Å²) in [6.07, 6.45) is 3.64. The zero-order valence-electron chi connectivity index (χ0n) is 12.7. The third kappa shape index (κ3) is 7.68. The third-order valence-electron chi connectivity index (χ3n) is 3.17. The van der Waals surface area contributed by atoms with Gasteiger partial charge in [0.25, 0.3) is 5.91 Å². The molecule has 0 aromatic heterocycles. The van der Waals surface area contributed by atoms with E-state index < -0.39 is 9.90 Å². The first-order valence-electron chi connectivity index (χ1n) is 7.46. The monoisotopic (exact) mass is 365 g/mol. The van der Waals surface area contributed by atoms with Gasteiger partial charge in [0.15, 0.2) is 0 Å². The van der Waals surface area contributed by atoms with Crippen LogP contribution in [0.2, 0.25) is 0 Å². The molecule has 0 fully saturated rings. The van der Waals surface area contributed by atoms with Crippen molar-refractivity contribution in [3.63, 3.8) is 0 Å². The van der Waals surface area contributed by atoms with E-state index in [0.717, 1.165) is 25.7 Å². The molecular formula is C16H22Cl3NO2. The maximum absolute atomic E-state index is 12.0. The second-order valence-electron chi connectivity index (χ2n) is 5.04. The van der Waals surface area contributed by atoms with Gasteiger partial charge in [0, 0.05) is 18.7 Å². The van der Waals surface area contributed by atoms with E-state index in [1.165, 1.54) is 0 Å². The number of ether oxygens (including phenoxy) is 1. The molecule has 1 atom stereocenters. The molecule has 1 N–H and O–H groups in total. The molecule has 1 unspecified atom stereocenters. The smallest absolute Gasteiger partial charge is 0.251 e. The van der Waals surface area contributed by atoms with Crippen LogP contribution in [0.25, 0.3) is 0 Å². The Morgan fingerprint density at radius 3 is 2.45 bits per heavy atom. The van der Waals surface area contributed by atoms with Crippen LogP contribution < -0.4 is 5.32 Å². The molecule has 0 bridgehead atoms. The molecule has 0 aliphatic carbocycles. The summed E-state index contributed by atoms with van der Waals surface area (Å²) < 4.78 is 4.05. The Hall–Kier alpha value is -0.480. The van der Waals surface area contributed by atoms with Gasteiger partial charge in [-0.15, -0.1) is 0 Å². The van der Waals surface area contributed by atoms with Crippen molar-refractivity contribution in [2.24, 2.45) is 0 Å². The lowest BCUT2D eigenvalue weighted by Gasteiger charge is -2.25. The zero-order valence-corrected chi connectivity index (χ0v) is 14.9. The minimum atomic E-state index is -1.57. The number of alkyl halides is 3. The molecule has 0 saturated carbocycles. The molecule has 3 nitrogen and oxygen atoms in total. The van der Waals surface area contributed by atoms with E-state index in [9.17, 15) is 4.79 Å². The van der Waals surface area contributed by atoms with Gasteiger partial charge in [-0.25, -0.2) is 0 Å². The summed E-state index contributed by atoms with van der Waals surface area (Å²) in [5.74, 6) is -0.213. The summed E-state index contributed by atoms with van der Waals surface area (Å²) in [6.45, 7) is 2.81. The minimum Gasteiger partial charge on any atom is -0.372 e. The minimum absolute atomic E-state index is 0.151. The highest BCUT2D eigenvalue weighted by atomic mass is 35.6. The zero-order chi connectivity index (χ0) is 16.4. The van der Waals surface area contributed by atoms with Crippen LogP contribution in [0.3, 0.4) is 0 Å². The number of halogens is 3. The lowest BCUT2D eigenvalue weighted by atomic mass is 10.2. The van der Waals surface area contributed by atoms with Crippen molar-refractivity contribution in [2.75, 3.05) is 13.2 Å². The van der Waals surface area contributed by atoms with Crippen LogP contribution in [0.1, 0.15) is 43.0 Å². The summed E-state index contributed by atoms with van der Waals surface area (Å²) in [4.78, 5) is 12.0. The van der Waals surface area contributed by atoms with Crippen LogP contribution in [-0.4, -0.2) is 29.0 Å². The van der Waals surface area contributed by atoms with Crippen molar-refractivity contribution in [1.82, 2.24) is 5.32 Å². The van der Waals surface area contributed by atoms with Gasteiger partial charge in [-0.3, -0.25) is 4.79 Å². The molecule has 0 heterocycles. The van der Waals surface area contributed by atoms with Crippen LogP contribution in [0.15, 0.2) is 30.3 Å². The standard InChI is InChI=1S/C16H22Cl3NO2/c1-2-3-4-8-11-22-14(16(17,18)19)12-20-15(21)13-9-6-5-7-10-13/h5-7,9-10,14H,2-4,8,11-12H2,1H3,(H,20,21). The molecule has 1 aromatic carbocycles. The van der Waals surface area contributed by atoms with Crippen molar-refractivity contribution in [2.45, 2.75) is 42.5 Å². The Labute approximate surface area is 147 Å². The fraction of sp³-hybridized carbons (Fsp3) is 0.562. The molecule has 1 amide bonds. The van der Waals surface area contributed by atoms with E-state index in [4.69, 9.17) is 39.5 Å². The number of hydrogen-bond acceptors (Lipinski definition) is 2. The SMILES string of the molecule is CCCCCCOC(CNC(=O)c1ccccc1)C(Cl)(Cl)Cl. The van der Waals surface area contributed by atoms with Crippen LogP contribution in [0, 0.1) is 0 Å². The van der Waals surface area contributed by atoms with E-state index in [0.29, 0.717) is 12.2 Å². The molecule has 22 heavy (non-hydrogen) atoms. The van der Waals surface area contributed by atoms with Crippen molar-refractivity contribution < 1.29 is 9.53 Å². The predicted molar refractivity (Wildman–Crippen MR) is 92.9 cm³/mol. The molecule has 0 aliphatic rings. The van der Waals surface area contributed by atoms with E-state index in [-0.39, 0.29) is 12.5 Å². The molecule has 0 spiro atoms. The molecule has 6 heteroatoms. The van der Waals surface area contributed by atoms with Gasteiger partial charge in [-0.2, -0.15) is 0 Å². The van der Waals surface area contributed by atoms with Crippen LogP contribution in [0.5, 0.6) is 0 Å². The molecule has 1 rings (SSSR count). The second kappa shape index (κ2) is 10.3. The molecule has 1 aromatic rings. The quantitative estimate of drug-likeness (QED) is 0.506. The number of rotatable bonds is 9. The number of benzene rings is 1. The summed E-state index contributed by atoms with van der Waals surface area (Å²) in [6, 6.07) is 8.90. The highest BCUT2D eigenvalue weighted by Crippen LogP contribution is 2.32. The summed E-state index contributed by atoms with van der Waals surface area (Å²) in [5, 5.41) is 2.74. The Morgan fingerprint density at radius 2 is 1.86 bits per heavy atom. The van der Waals surface area contributed by atoms with E-state index in [2.05, 4.69) is 12.2 Å². The maximum atomic E-state index is 12.0. The number of unbranched alkanes of at least 4 members (excludes halogenated alkanes) is 3.